The summed E-state index contributed by atoms with van der Waals surface area (Å²) in [5, 5.41) is 9.31. The van der Waals surface area contributed by atoms with Gasteiger partial charge in [0.2, 0.25) is 0 Å². The van der Waals surface area contributed by atoms with E-state index in [4.69, 9.17) is 9.47 Å². The Labute approximate surface area is 96.9 Å². The van der Waals surface area contributed by atoms with Crippen LogP contribution in [0.25, 0.3) is 0 Å². The zero-order valence-electron chi connectivity index (χ0n) is 10.0. The van der Waals surface area contributed by atoms with Gasteiger partial charge in [-0.3, -0.25) is 0 Å². The zero-order valence-corrected chi connectivity index (χ0v) is 10.0. The van der Waals surface area contributed by atoms with Crippen LogP contribution >= 0.6 is 0 Å². The smallest absolute Gasteiger partial charge is 0.335 e. The van der Waals surface area contributed by atoms with Gasteiger partial charge in [0.05, 0.1) is 6.61 Å². The van der Waals surface area contributed by atoms with Crippen LogP contribution in [0.3, 0.4) is 0 Å². The molecule has 0 atom stereocenters. The first-order chi connectivity index (χ1) is 7.71. The lowest BCUT2D eigenvalue weighted by Gasteiger charge is -2.28. The summed E-state index contributed by atoms with van der Waals surface area (Å²) in [7, 11) is 1.64. The highest BCUT2D eigenvalue weighted by atomic mass is 16.5. The van der Waals surface area contributed by atoms with Crippen molar-refractivity contribution in [2.45, 2.75) is 50.5 Å². The molecule has 0 unspecified atom stereocenters. The average molecular weight is 230 g/mol. The number of carboxylic acids is 1. The Balaban J connectivity index is 2.46. The van der Waals surface area contributed by atoms with Crippen LogP contribution in [-0.4, -0.2) is 37.0 Å². The maximum Gasteiger partial charge on any atom is 0.335 e. The molecule has 1 fully saturated rings. The van der Waals surface area contributed by atoms with Crippen LogP contribution in [0.1, 0.15) is 44.9 Å². The number of aliphatic carboxylic acids is 1. The predicted octanol–water partition coefficient (Wildman–Crippen LogP) is 2.22. The summed E-state index contributed by atoms with van der Waals surface area (Å²) in [6, 6.07) is 0. The average Bonchev–Trinajstić information content (AvgIpc) is 2.51. The second-order valence-corrected chi connectivity index (χ2v) is 4.41. The molecule has 1 aliphatic carbocycles. The summed E-state index contributed by atoms with van der Waals surface area (Å²) in [5.74, 6) is -0.799. The Kier molecular flexibility index (Phi) is 5.77. The van der Waals surface area contributed by atoms with Crippen LogP contribution in [0.15, 0.2) is 0 Å². The maximum atomic E-state index is 11.3. The Morgan fingerprint density at radius 3 is 2.31 bits per heavy atom. The van der Waals surface area contributed by atoms with Gasteiger partial charge in [-0.1, -0.05) is 12.8 Å². The van der Waals surface area contributed by atoms with Gasteiger partial charge in [0.15, 0.2) is 5.60 Å². The summed E-state index contributed by atoms with van der Waals surface area (Å²) in [6.45, 7) is 1.09. The van der Waals surface area contributed by atoms with E-state index >= 15 is 0 Å². The predicted molar refractivity (Wildman–Crippen MR) is 60.5 cm³/mol. The Hall–Kier alpha value is -0.610. The lowest BCUT2D eigenvalue weighted by molar-refractivity contribution is -0.168. The fraction of sp³-hybridized carbons (Fsp3) is 0.917. The van der Waals surface area contributed by atoms with Gasteiger partial charge in [0, 0.05) is 13.7 Å². The van der Waals surface area contributed by atoms with E-state index in [-0.39, 0.29) is 0 Å². The van der Waals surface area contributed by atoms with Crippen LogP contribution < -0.4 is 0 Å². The van der Waals surface area contributed by atoms with Crippen LogP contribution in [0.4, 0.5) is 0 Å². The molecule has 1 N–H and O–H groups in total. The molecule has 0 radical (unpaired) electrons. The number of carboxylic acid groups (broad SMARTS) is 1. The molecule has 0 aliphatic heterocycles. The molecule has 4 heteroatoms. The van der Waals surface area contributed by atoms with Crippen molar-refractivity contribution in [3.63, 3.8) is 0 Å². The van der Waals surface area contributed by atoms with Crippen molar-refractivity contribution in [2.24, 2.45) is 0 Å². The molecule has 0 aromatic rings. The summed E-state index contributed by atoms with van der Waals surface area (Å²) in [5.41, 5.74) is -0.926. The Morgan fingerprint density at radius 1 is 1.19 bits per heavy atom. The number of ether oxygens (including phenoxy) is 2. The molecule has 0 saturated heterocycles. The number of hydrogen-bond acceptors (Lipinski definition) is 3. The first-order valence-electron chi connectivity index (χ1n) is 6.07. The second kappa shape index (κ2) is 6.86. The highest BCUT2D eigenvalue weighted by Crippen LogP contribution is 2.30. The van der Waals surface area contributed by atoms with Crippen LogP contribution in [0.2, 0.25) is 0 Å². The van der Waals surface area contributed by atoms with Gasteiger partial charge >= 0.3 is 5.97 Å². The van der Waals surface area contributed by atoms with Crippen molar-refractivity contribution in [3.8, 4) is 0 Å². The minimum atomic E-state index is -0.926. The van der Waals surface area contributed by atoms with E-state index in [0.29, 0.717) is 26.1 Å². The first-order valence-corrected chi connectivity index (χ1v) is 6.07. The molecule has 0 aromatic heterocycles. The van der Waals surface area contributed by atoms with E-state index in [1.807, 2.05) is 0 Å². The van der Waals surface area contributed by atoms with Crippen molar-refractivity contribution in [3.05, 3.63) is 0 Å². The van der Waals surface area contributed by atoms with E-state index in [0.717, 1.165) is 32.1 Å². The Bertz CT molecular complexity index is 207. The van der Waals surface area contributed by atoms with Crippen molar-refractivity contribution in [1.29, 1.82) is 0 Å². The summed E-state index contributed by atoms with van der Waals surface area (Å²) in [6.07, 6.45) is 6.20. The molecule has 1 saturated carbocycles. The molecule has 0 spiro atoms. The third kappa shape index (κ3) is 3.76. The number of carbonyl (C=O) groups is 1. The lowest BCUT2D eigenvalue weighted by Crippen LogP contribution is -2.41. The summed E-state index contributed by atoms with van der Waals surface area (Å²) in [4.78, 5) is 11.3. The van der Waals surface area contributed by atoms with Crippen LogP contribution in [0, 0.1) is 0 Å². The van der Waals surface area contributed by atoms with Gasteiger partial charge in [0.25, 0.3) is 0 Å². The standard InChI is InChI=1S/C12H22O4/c1-15-9-6-10-16-12(11(13)14)7-4-2-3-5-8-12/h2-10H2,1H3,(H,13,14). The number of rotatable bonds is 6. The van der Waals surface area contributed by atoms with E-state index in [9.17, 15) is 9.90 Å². The summed E-state index contributed by atoms with van der Waals surface area (Å²) < 4.78 is 10.6. The number of methoxy groups -OCH3 is 1. The second-order valence-electron chi connectivity index (χ2n) is 4.41. The van der Waals surface area contributed by atoms with Crippen molar-refractivity contribution in [2.75, 3.05) is 20.3 Å². The third-order valence-electron chi connectivity index (χ3n) is 3.17. The Morgan fingerprint density at radius 2 is 1.81 bits per heavy atom. The van der Waals surface area contributed by atoms with Gasteiger partial charge in [0.1, 0.15) is 0 Å². The molecule has 16 heavy (non-hydrogen) atoms. The monoisotopic (exact) mass is 230 g/mol. The molecular weight excluding hydrogens is 208 g/mol. The molecule has 0 amide bonds. The molecule has 4 nitrogen and oxygen atoms in total. The molecule has 0 heterocycles. The molecule has 94 valence electrons. The van der Waals surface area contributed by atoms with Gasteiger partial charge in [-0.15, -0.1) is 0 Å². The van der Waals surface area contributed by atoms with Crippen LogP contribution in [-0.2, 0) is 14.3 Å². The van der Waals surface area contributed by atoms with Gasteiger partial charge in [-0.05, 0) is 32.1 Å². The summed E-state index contributed by atoms with van der Waals surface area (Å²) >= 11 is 0. The molecule has 1 rings (SSSR count). The topological polar surface area (TPSA) is 55.8 Å². The SMILES string of the molecule is COCCCOC1(C(=O)O)CCCCCC1. The third-order valence-corrected chi connectivity index (χ3v) is 3.17. The minimum absolute atomic E-state index is 0.472. The highest BCUT2D eigenvalue weighted by molar-refractivity contribution is 5.77. The normalized spacial score (nSPS) is 20.3. The zero-order chi connectivity index (χ0) is 11.9. The minimum Gasteiger partial charge on any atom is -0.479 e. The van der Waals surface area contributed by atoms with E-state index in [1.165, 1.54) is 0 Å². The largest absolute Gasteiger partial charge is 0.479 e. The van der Waals surface area contributed by atoms with Crippen molar-refractivity contribution < 1.29 is 19.4 Å². The molecular formula is C12H22O4. The molecule has 0 bridgehead atoms. The quantitative estimate of drug-likeness (QED) is 0.561. The number of hydrogen-bond donors (Lipinski definition) is 1. The first kappa shape index (κ1) is 13.5. The van der Waals surface area contributed by atoms with Crippen molar-refractivity contribution in [1.82, 2.24) is 0 Å². The van der Waals surface area contributed by atoms with E-state index in [1.54, 1.807) is 7.11 Å². The fourth-order valence-electron chi connectivity index (χ4n) is 2.19. The van der Waals surface area contributed by atoms with Crippen molar-refractivity contribution >= 4 is 5.97 Å². The van der Waals surface area contributed by atoms with Crippen LogP contribution in [0.5, 0.6) is 0 Å². The van der Waals surface area contributed by atoms with Gasteiger partial charge in [-0.25, -0.2) is 4.79 Å². The maximum absolute atomic E-state index is 11.3. The highest BCUT2D eigenvalue weighted by Gasteiger charge is 2.39. The van der Waals surface area contributed by atoms with E-state index in [2.05, 4.69) is 0 Å². The van der Waals surface area contributed by atoms with E-state index < -0.39 is 11.6 Å². The molecule has 1 aliphatic rings. The molecule has 0 aromatic carbocycles. The fourth-order valence-corrected chi connectivity index (χ4v) is 2.19. The van der Waals surface area contributed by atoms with Gasteiger partial charge < -0.3 is 14.6 Å². The lowest BCUT2D eigenvalue weighted by atomic mass is 9.94. The van der Waals surface area contributed by atoms with Gasteiger partial charge in [-0.2, -0.15) is 0 Å².